The van der Waals surface area contributed by atoms with E-state index >= 15 is 0 Å². The fraction of sp³-hybridized carbons (Fsp3) is 0.545. The molecule has 0 aromatic heterocycles. The van der Waals surface area contributed by atoms with Gasteiger partial charge in [0.2, 0.25) is 5.91 Å². The first kappa shape index (κ1) is 33.0. The van der Waals surface area contributed by atoms with Crippen molar-refractivity contribution in [3.05, 3.63) is 66.5 Å². The Bertz CT molecular complexity index is 962. The topological polar surface area (TPSA) is 44.8 Å². The third-order valence-corrected chi connectivity index (χ3v) is 7.46. The van der Waals surface area contributed by atoms with Gasteiger partial charge in [0.15, 0.2) is 0 Å². The summed E-state index contributed by atoms with van der Waals surface area (Å²) in [5.41, 5.74) is 2.90. The molecular formula is C33H50IN3O2. The molecule has 1 N–H and O–H groups in total. The summed E-state index contributed by atoms with van der Waals surface area (Å²) < 4.78 is 5.91. The number of carbonyl (C=O) groups excluding carboxylic acids is 1. The number of nitrogens with zero attached hydrogens (tertiary/aromatic N) is 2. The molecule has 0 radical (unpaired) electrons. The maximum atomic E-state index is 12.5. The average molecular weight is 648 g/mol. The molecule has 0 fully saturated rings. The second-order valence-electron chi connectivity index (χ2n) is 10.7. The van der Waals surface area contributed by atoms with Crippen LogP contribution in [-0.2, 0) is 11.2 Å². The molecule has 0 aliphatic carbocycles. The molecule has 1 aliphatic rings. The molecule has 6 heteroatoms. The van der Waals surface area contributed by atoms with E-state index in [9.17, 15) is 4.79 Å². The Morgan fingerprint density at radius 3 is 1.90 bits per heavy atom. The number of anilines is 2. The Labute approximate surface area is 254 Å². The second kappa shape index (κ2) is 19.0. The Balaban J connectivity index is 0.00000533. The van der Waals surface area contributed by atoms with E-state index in [-0.39, 0.29) is 36.0 Å². The summed E-state index contributed by atoms with van der Waals surface area (Å²) in [7, 11) is 2.06. The highest BCUT2D eigenvalue weighted by molar-refractivity contribution is 14.0. The molecule has 1 heterocycles. The van der Waals surface area contributed by atoms with Crippen molar-refractivity contribution in [3.63, 3.8) is 0 Å². The summed E-state index contributed by atoms with van der Waals surface area (Å²) in [6.45, 7) is 5.19. The van der Waals surface area contributed by atoms with Crippen LogP contribution in [0.2, 0.25) is 0 Å². The number of hydrogen-bond acceptors (Lipinski definition) is 4. The molecule has 39 heavy (non-hydrogen) atoms. The van der Waals surface area contributed by atoms with Crippen molar-refractivity contribution in [3.8, 4) is 5.75 Å². The van der Waals surface area contributed by atoms with E-state index in [0.717, 1.165) is 35.7 Å². The van der Waals surface area contributed by atoms with Crippen LogP contribution in [0.1, 0.15) is 96.5 Å². The summed E-state index contributed by atoms with van der Waals surface area (Å²) in [6.07, 6.45) is 20.9. The van der Waals surface area contributed by atoms with E-state index in [2.05, 4.69) is 48.4 Å². The fourth-order valence-corrected chi connectivity index (χ4v) is 4.87. The van der Waals surface area contributed by atoms with Gasteiger partial charge in [-0.15, -0.1) is 24.0 Å². The molecule has 0 saturated carbocycles. The fourth-order valence-electron chi connectivity index (χ4n) is 4.87. The first-order valence-electron chi connectivity index (χ1n) is 14.9. The van der Waals surface area contributed by atoms with E-state index in [1.807, 2.05) is 48.5 Å². The third kappa shape index (κ3) is 12.2. The number of rotatable bonds is 18. The van der Waals surface area contributed by atoms with Crippen molar-refractivity contribution in [2.24, 2.45) is 0 Å². The lowest BCUT2D eigenvalue weighted by Gasteiger charge is -2.27. The standard InChI is InChI=1S/C33H49N3O2.HI/c1-4-5-6-7-8-9-10-11-12-13-14-15-26-38-32-22-16-29(17-23-32)27-33(37)34-30-18-20-31(21-19-30)36-25-24-35(3)28(36)2;/h16-25,28H,4-15,26-27H2,1-3H3,(H,34,37);1H. The molecule has 5 nitrogen and oxygen atoms in total. The Hall–Kier alpha value is -2.22. The minimum absolute atomic E-state index is 0. The van der Waals surface area contributed by atoms with Crippen molar-refractivity contribution in [2.45, 2.75) is 103 Å². The number of halogens is 1. The molecule has 1 unspecified atom stereocenters. The lowest BCUT2D eigenvalue weighted by atomic mass is 10.1. The number of benzene rings is 2. The maximum Gasteiger partial charge on any atom is 0.228 e. The van der Waals surface area contributed by atoms with E-state index in [1.165, 1.54) is 70.6 Å². The first-order chi connectivity index (χ1) is 18.6. The Kier molecular flexibility index (Phi) is 16.0. The van der Waals surface area contributed by atoms with Gasteiger partial charge in [0.05, 0.1) is 13.0 Å². The summed E-state index contributed by atoms with van der Waals surface area (Å²) in [6, 6.07) is 15.9. The molecule has 0 bridgehead atoms. The predicted molar refractivity (Wildman–Crippen MR) is 176 cm³/mol. The van der Waals surface area contributed by atoms with Gasteiger partial charge in [-0.2, -0.15) is 0 Å². The quantitative estimate of drug-likeness (QED) is 0.130. The van der Waals surface area contributed by atoms with Crippen molar-refractivity contribution in [1.82, 2.24) is 4.90 Å². The largest absolute Gasteiger partial charge is 0.494 e. The van der Waals surface area contributed by atoms with Gasteiger partial charge in [-0.3, -0.25) is 4.79 Å². The smallest absolute Gasteiger partial charge is 0.228 e. The van der Waals surface area contributed by atoms with Gasteiger partial charge >= 0.3 is 0 Å². The predicted octanol–water partition coefficient (Wildman–Crippen LogP) is 9.13. The number of amides is 1. The van der Waals surface area contributed by atoms with Crippen LogP contribution < -0.4 is 15.0 Å². The summed E-state index contributed by atoms with van der Waals surface area (Å²) in [4.78, 5) is 16.9. The number of nitrogens with one attached hydrogen (secondary N) is 1. The zero-order valence-electron chi connectivity index (χ0n) is 24.4. The van der Waals surface area contributed by atoms with E-state index in [0.29, 0.717) is 6.42 Å². The number of hydrogen-bond donors (Lipinski definition) is 1. The maximum absolute atomic E-state index is 12.5. The number of ether oxygens (including phenoxy) is 1. The zero-order chi connectivity index (χ0) is 27.0. The molecule has 1 aliphatic heterocycles. The van der Waals surface area contributed by atoms with Gasteiger partial charge in [-0.05, 0) is 55.3 Å². The number of carbonyl (C=O) groups is 1. The van der Waals surface area contributed by atoms with Crippen LogP contribution in [0.4, 0.5) is 11.4 Å². The van der Waals surface area contributed by atoms with Crippen LogP contribution in [0.5, 0.6) is 5.75 Å². The van der Waals surface area contributed by atoms with Crippen molar-refractivity contribution < 1.29 is 9.53 Å². The summed E-state index contributed by atoms with van der Waals surface area (Å²) >= 11 is 0. The molecule has 2 aromatic rings. The van der Waals surface area contributed by atoms with Gasteiger partial charge in [0.1, 0.15) is 11.9 Å². The Morgan fingerprint density at radius 2 is 1.36 bits per heavy atom. The zero-order valence-corrected chi connectivity index (χ0v) is 26.7. The van der Waals surface area contributed by atoms with Gasteiger partial charge in [-0.25, -0.2) is 0 Å². The van der Waals surface area contributed by atoms with Gasteiger partial charge in [0.25, 0.3) is 0 Å². The molecule has 1 atom stereocenters. The molecule has 0 spiro atoms. The van der Waals surface area contributed by atoms with Gasteiger partial charge in [-0.1, -0.05) is 89.7 Å². The van der Waals surface area contributed by atoms with Crippen LogP contribution in [0.3, 0.4) is 0 Å². The first-order valence-corrected chi connectivity index (χ1v) is 14.9. The van der Waals surface area contributed by atoms with Crippen molar-refractivity contribution in [2.75, 3.05) is 23.9 Å². The summed E-state index contributed by atoms with van der Waals surface area (Å²) in [5, 5.41) is 3.01. The molecule has 2 aromatic carbocycles. The van der Waals surface area contributed by atoms with Crippen LogP contribution >= 0.6 is 24.0 Å². The average Bonchev–Trinajstić information content (AvgIpc) is 3.26. The van der Waals surface area contributed by atoms with Crippen molar-refractivity contribution in [1.29, 1.82) is 0 Å². The van der Waals surface area contributed by atoms with Crippen molar-refractivity contribution >= 4 is 41.3 Å². The molecule has 3 rings (SSSR count). The van der Waals surface area contributed by atoms with Crippen LogP contribution in [0, 0.1) is 0 Å². The van der Waals surface area contributed by atoms with Gasteiger partial charge < -0.3 is 19.9 Å². The minimum Gasteiger partial charge on any atom is -0.494 e. The molecule has 1 amide bonds. The lowest BCUT2D eigenvalue weighted by Crippen LogP contribution is -2.33. The lowest BCUT2D eigenvalue weighted by molar-refractivity contribution is -0.115. The highest BCUT2D eigenvalue weighted by atomic mass is 127. The molecular weight excluding hydrogens is 597 g/mol. The molecule has 0 saturated heterocycles. The highest BCUT2D eigenvalue weighted by Crippen LogP contribution is 2.25. The monoisotopic (exact) mass is 647 g/mol. The van der Waals surface area contributed by atoms with Crippen LogP contribution in [0.15, 0.2) is 60.9 Å². The highest BCUT2D eigenvalue weighted by Gasteiger charge is 2.19. The number of unbranched alkanes of at least 4 members (excludes halogenated alkanes) is 11. The van der Waals surface area contributed by atoms with E-state index in [1.54, 1.807) is 0 Å². The Morgan fingerprint density at radius 1 is 0.795 bits per heavy atom. The molecule has 216 valence electrons. The van der Waals surface area contributed by atoms with E-state index < -0.39 is 0 Å². The SMILES string of the molecule is CCCCCCCCCCCCCCOc1ccc(CC(=O)Nc2ccc(N3C=CN(C)C3C)cc2)cc1.I. The van der Waals surface area contributed by atoms with E-state index in [4.69, 9.17) is 4.74 Å². The van der Waals surface area contributed by atoms with Gasteiger partial charge in [0, 0.05) is 30.8 Å². The summed E-state index contributed by atoms with van der Waals surface area (Å²) in [5.74, 6) is 0.862. The minimum atomic E-state index is -0.0166. The third-order valence-electron chi connectivity index (χ3n) is 7.46. The normalized spacial score (nSPS) is 14.4. The van der Waals surface area contributed by atoms with Crippen LogP contribution in [-0.4, -0.2) is 30.6 Å². The van der Waals surface area contributed by atoms with Crippen LogP contribution in [0.25, 0.3) is 0 Å². The second-order valence-corrected chi connectivity index (χ2v) is 10.7.